The largest absolute Gasteiger partial charge is 0.336 e. The number of allylic oxidation sites excluding steroid dienone is 1. The predicted octanol–water partition coefficient (Wildman–Crippen LogP) is 1.86. The highest BCUT2D eigenvalue weighted by Gasteiger charge is 2.03. The average molecular weight is 196 g/mol. The van der Waals surface area contributed by atoms with Crippen LogP contribution < -0.4 is 5.56 Å². The minimum Gasteiger partial charge on any atom is -0.336 e. The van der Waals surface area contributed by atoms with E-state index in [1.165, 1.54) is 0 Å². The van der Waals surface area contributed by atoms with Crippen LogP contribution in [0.5, 0.6) is 0 Å². The molecule has 0 spiro atoms. The number of aryl methyl sites for hydroxylation is 1. The Balaban J connectivity index is 3.29. The number of aromatic amines is 2. The highest BCUT2D eigenvalue weighted by molar-refractivity contribution is 7.71. The molecule has 0 saturated heterocycles. The van der Waals surface area contributed by atoms with Gasteiger partial charge in [0.05, 0.1) is 0 Å². The van der Waals surface area contributed by atoms with E-state index in [1.807, 2.05) is 13.8 Å². The van der Waals surface area contributed by atoms with Gasteiger partial charge in [-0.3, -0.25) is 9.78 Å². The van der Waals surface area contributed by atoms with Crippen molar-refractivity contribution in [2.45, 2.75) is 20.3 Å². The first-order chi connectivity index (χ1) is 6.00. The van der Waals surface area contributed by atoms with Gasteiger partial charge < -0.3 is 4.98 Å². The molecule has 1 aromatic heterocycles. The van der Waals surface area contributed by atoms with Crippen LogP contribution >= 0.6 is 12.2 Å². The zero-order valence-corrected chi connectivity index (χ0v) is 8.55. The van der Waals surface area contributed by atoms with Crippen molar-refractivity contribution >= 4 is 12.2 Å². The highest BCUT2D eigenvalue weighted by Crippen LogP contribution is 2.03. The standard InChI is InChI=1S/C9H12N2OS/c1-5(2)4-7-6(3)10-9(13)11-8(7)12/h1,4H2,2-3H3,(H2,10,11,12,13). The Morgan fingerprint density at radius 1 is 1.54 bits per heavy atom. The topological polar surface area (TPSA) is 48.6 Å². The Morgan fingerprint density at radius 3 is 2.62 bits per heavy atom. The Labute approximate surface area is 81.5 Å². The zero-order valence-electron chi connectivity index (χ0n) is 7.73. The molecule has 13 heavy (non-hydrogen) atoms. The fraction of sp³-hybridized carbons (Fsp3) is 0.333. The van der Waals surface area contributed by atoms with Crippen LogP contribution in [0.2, 0.25) is 0 Å². The quantitative estimate of drug-likeness (QED) is 0.560. The summed E-state index contributed by atoms with van der Waals surface area (Å²) in [6.45, 7) is 7.49. The molecule has 0 aromatic carbocycles. The van der Waals surface area contributed by atoms with Crippen molar-refractivity contribution in [2.75, 3.05) is 0 Å². The van der Waals surface area contributed by atoms with Crippen molar-refractivity contribution < 1.29 is 0 Å². The van der Waals surface area contributed by atoms with E-state index in [2.05, 4.69) is 16.5 Å². The monoisotopic (exact) mass is 196 g/mol. The average Bonchev–Trinajstić information content (AvgIpc) is 1.96. The molecular weight excluding hydrogens is 184 g/mol. The molecule has 1 heterocycles. The molecular formula is C9H12N2OS. The van der Waals surface area contributed by atoms with Gasteiger partial charge in [-0.05, 0) is 32.5 Å². The molecule has 0 fully saturated rings. The minimum absolute atomic E-state index is 0.121. The van der Waals surface area contributed by atoms with Crippen LogP contribution in [0.4, 0.5) is 0 Å². The first-order valence-electron chi connectivity index (χ1n) is 3.97. The van der Waals surface area contributed by atoms with Gasteiger partial charge in [-0.15, -0.1) is 0 Å². The van der Waals surface area contributed by atoms with E-state index in [1.54, 1.807) is 0 Å². The minimum atomic E-state index is -0.121. The summed E-state index contributed by atoms with van der Waals surface area (Å²) in [6, 6.07) is 0. The normalized spacial score (nSPS) is 10.0. The third-order valence-electron chi connectivity index (χ3n) is 1.73. The summed E-state index contributed by atoms with van der Waals surface area (Å²) >= 11 is 4.83. The number of rotatable bonds is 2. The molecule has 4 heteroatoms. The number of aromatic nitrogens is 2. The molecule has 0 aliphatic heterocycles. The lowest BCUT2D eigenvalue weighted by Crippen LogP contribution is -2.16. The third kappa shape index (κ3) is 2.39. The first kappa shape index (κ1) is 9.92. The van der Waals surface area contributed by atoms with Crippen molar-refractivity contribution in [1.82, 2.24) is 9.97 Å². The summed E-state index contributed by atoms with van der Waals surface area (Å²) in [4.78, 5) is 16.9. The molecule has 0 saturated carbocycles. The zero-order chi connectivity index (χ0) is 10.0. The molecule has 0 unspecified atom stereocenters. The van der Waals surface area contributed by atoms with Gasteiger partial charge in [0, 0.05) is 11.3 Å². The second-order valence-corrected chi connectivity index (χ2v) is 3.55. The maximum Gasteiger partial charge on any atom is 0.255 e. The van der Waals surface area contributed by atoms with E-state index >= 15 is 0 Å². The van der Waals surface area contributed by atoms with Gasteiger partial charge in [0.15, 0.2) is 4.77 Å². The summed E-state index contributed by atoms with van der Waals surface area (Å²) in [5, 5.41) is 0. The highest BCUT2D eigenvalue weighted by atomic mass is 32.1. The molecule has 3 nitrogen and oxygen atoms in total. The third-order valence-corrected chi connectivity index (χ3v) is 1.94. The van der Waals surface area contributed by atoms with Crippen LogP contribution in [0.1, 0.15) is 18.2 Å². The van der Waals surface area contributed by atoms with E-state index in [0.29, 0.717) is 16.8 Å². The maximum atomic E-state index is 11.4. The second kappa shape index (κ2) is 3.70. The lowest BCUT2D eigenvalue weighted by Gasteiger charge is -2.03. The molecule has 1 aromatic rings. The summed E-state index contributed by atoms with van der Waals surface area (Å²) in [5.74, 6) is 0. The number of hydrogen-bond acceptors (Lipinski definition) is 2. The number of nitrogens with one attached hydrogen (secondary N) is 2. The Bertz CT molecular complexity index is 442. The van der Waals surface area contributed by atoms with Crippen LogP contribution in [0.3, 0.4) is 0 Å². The Kier molecular flexibility index (Phi) is 2.83. The maximum absolute atomic E-state index is 11.4. The fourth-order valence-electron chi connectivity index (χ4n) is 1.14. The summed E-state index contributed by atoms with van der Waals surface area (Å²) in [7, 11) is 0. The van der Waals surface area contributed by atoms with Crippen LogP contribution in [0, 0.1) is 11.7 Å². The van der Waals surface area contributed by atoms with Crippen LogP contribution in [0.25, 0.3) is 0 Å². The van der Waals surface area contributed by atoms with E-state index in [9.17, 15) is 4.79 Å². The van der Waals surface area contributed by atoms with Crippen molar-refractivity contribution in [3.8, 4) is 0 Å². The van der Waals surface area contributed by atoms with Crippen LogP contribution in [0.15, 0.2) is 16.9 Å². The molecule has 0 aliphatic carbocycles. The van der Waals surface area contributed by atoms with Gasteiger partial charge in [-0.2, -0.15) is 0 Å². The van der Waals surface area contributed by atoms with E-state index in [-0.39, 0.29) is 5.56 Å². The van der Waals surface area contributed by atoms with Gasteiger partial charge >= 0.3 is 0 Å². The van der Waals surface area contributed by atoms with Crippen molar-refractivity contribution in [2.24, 2.45) is 0 Å². The van der Waals surface area contributed by atoms with Crippen LogP contribution in [-0.2, 0) is 6.42 Å². The van der Waals surface area contributed by atoms with Gasteiger partial charge in [-0.1, -0.05) is 12.2 Å². The Morgan fingerprint density at radius 2 is 2.15 bits per heavy atom. The van der Waals surface area contributed by atoms with Gasteiger partial charge in [0.1, 0.15) is 0 Å². The summed E-state index contributed by atoms with van der Waals surface area (Å²) < 4.78 is 0.368. The van der Waals surface area contributed by atoms with E-state index in [4.69, 9.17) is 12.2 Å². The lowest BCUT2D eigenvalue weighted by atomic mass is 10.1. The molecule has 1 rings (SSSR count). The first-order valence-corrected chi connectivity index (χ1v) is 4.38. The fourth-order valence-corrected chi connectivity index (χ4v) is 1.39. The molecule has 0 atom stereocenters. The predicted molar refractivity (Wildman–Crippen MR) is 55.5 cm³/mol. The van der Waals surface area contributed by atoms with Gasteiger partial charge in [0.2, 0.25) is 0 Å². The van der Waals surface area contributed by atoms with E-state index < -0.39 is 0 Å². The van der Waals surface area contributed by atoms with Crippen molar-refractivity contribution in [1.29, 1.82) is 0 Å². The molecule has 0 amide bonds. The number of hydrogen-bond donors (Lipinski definition) is 2. The molecule has 0 radical (unpaired) electrons. The summed E-state index contributed by atoms with van der Waals surface area (Å²) in [6.07, 6.45) is 0.591. The van der Waals surface area contributed by atoms with Gasteiger partial charge in [-0.25, -0.2) is 0 Å². The van der Waals surface area contributed by atoms with Gasteiger partial charge in [0.25, 0.3) is 5.56 Å². The number of H-pyrrole nitrogens is 2. The smallest absolute Gasteiger partial charge is 0.255 e. The summed E-state index contributed by atoms with van der Waals surface area (Å²) in [5.41, 5.74) is 2.36. The Hall–Kier alpha value is -1.16. The molecule has 70 valence electrons. The second-order valence-electron chi connectivity index (χ2n) is 3.15. The lowest BCUT2D eigenvalue weighted by molar-refractivity contribution is 0.956. The van der Waals surface area contributed by atoms with E-state index in [0.717, 1.165) is 11.3 Å². The van der Waals surface area contributed by atoms with Crippen LogP contribution in [-0.4, -0.2) is 9.97 Å². The molecule has 0 bridgehead atoms. The van der Waals surface area contributed by atoms with Crippen molar-refractivity contribution in [3.05, 3.63) is 38.5 Å². The SMILES string of the molecule is C=C(C)Cc1c(C)[nH]c(=S)[nH]c1=O. The molecule has 0 aliphatic rings. The molecule has 2 N–H and O–H groups in total. The van der Waals surface area contributed by atoms with Crippen molar-refractivity contribution in [3.63, 3.8) is 0 Å².